The number of allylic oxidation sites excluding steroid dienone is 6. The molecule has 1 heterocycles. The summed E-state index contributed by atoms with van der Waals surface area (Å²) in [6.07, 6.45) is 8.99. The number of nitrogens with zero attached hydrogens (tertiary/aromatic N) is 2. The summed E-state index contributed by atoms with van der Waals surface area (Å²) in [5.41, 5.74) is 3.27. The highest BCUT2D eigenvalue weighted by Crippen LogP contribution is 2.34. The van der Waals surface area contributed by atoms with E-state index < -0.39 is 7.11 Å². The van der Waals surface area contributed by atoms with Gasteiger partial charge in [0.25, 0.3) is 0 Å². The van der Waals surface area contributed by atoms with Crippen LogP contribution in [0.25, 0.3) is 5.76 Å². The van der Waals surface area contributed by atoms with Crippen molar-refractivity contribution in [2.75, 3.05) is 31.1 Å². The maximum absolute atomic E-state index is 14.2. The van der Waals surface area contributed by atoms with Gasteiger partial charge in [-0.15, -0.1) is 0 Å². The summed E-state index contributed by atoms with van der Waals surface area (Å²) in [5.74, 6) is 0.223. The Morgan fingerprint density at radius 3 is 2.00 bits per heavy atom. The largest absolute Gasteiger partial charge is 0.725 e. The lowest BCUT2D eigenvalue weighted by Gasteiger charge is -2.35. The van der Waals surface area contributed by atoms with Gasteiger partial charge in [0.1, 0.15) is 13.1 Å². The molecule has 1 aromatic carbocycles. The van der Waals surface area contributed by atoms with Gasteiger partial charge < -0.3 is 22.8 Å². The average molecular weight is 414 g/mol. The second-order valence-corrected chi connectivity index (χ2v) is 7.08. The third kappa shape index (κ3) is 4.83. The molecule has 2 aliphatic rings. The molecule has 0 bridgehead atoms. The fourth-order valence-electron chi connectivity index (χ4n) is 3.66. The maximum atomic E-state index is 14.2. The highest BCUT2D eigenvalue weighted by atomic mass is 19.3. The number of halogens is 2. The molecule has 30 heavy (non-hydrogen) atoms. The second kappa shape index (κ2) is 9.33. The lowest BCUT2D eigenvalue weighted by molar-refractivity contribution is -0.519. The van der Waals surface area contributed by atoms with Gasteiger partial charge in [0.05, 0.1) is 11.5 Å². The predicted molar refractivity (Wildman–Crippen MR) is 120 cm³/mol. The van der Waals surface area contributed by atoms with Crippen molar-refractivity contribution in [3.63, 3.8) is 0 Å². The lowest BCUT2D eigenvalue weighted by Crippen LogP contribution is -2.34. The second-order valence-electron chi connectivity index (χ2n) is 7.08. The molecule has 3 rings (SSSR count). The van der Waals surface area contributed by atoms with Gasteiger partial charge in [-0.1, -0.05) is 0 Å². The van der Waals surface area contributed by atoms with Crippen molar-refractivity contribution in [3.8, 4) is 0 Å². The van der Waals surface area contributed by atoms with E-state index in [1.165, 1.54) is 6.08 Å². The standard InChI is InChI=1S/C23H29BF2N2O2/c1-5-27(6-2)20-13-9-18(10-14-20)22-17-23(30-24(25,26)29-22)19-11-15-21(16-12-19)28(7-3)8-4/h9-17H,5-8H2,1-4H3. The smallest absolute Gasteiger partial charge is 0.627 e. The van der Waals surface area contributed by atoms with E-state index in [0.29, 0.717) is 11.1 Å². The summed E-state index contributed by atoms with van der Waals surface area (Å²) < 4.78 is 40.5. The van der Waals surface area contributed by atoms with Crippen LogP contribution in [0, 0.1) is 0 Å². The Hall–Kier alpha value is -2.83. The molecule has 0 saturated heterocycles. The van der Waals surface area contributed by atoms with E-state index in [1.807, 2.05) is 24.3 Å². The molecule has 1 aliphatic heterocycles. The zero-order valence-corrected chi connectivity index (χ0v) is 18.1. The van der Waals surface area contributed by atoms with E-state index >= 15 is 0 Å². The fraction of sp³-hybridized carbons (Fsp3) is 0.348. The summed E-state index contributed by atoms with van der Waals surface area (Å²) >= 11 is 0. The van der Waals surface area contributed by atoms with Gasteiger partial charge in [-0.25, -0.2) is 4.58 Å². The fourth-order valence-corrected chi connectivity index (χ4v) is 3.66. The van der Waals surface area contributed by atoms with Crippen LogP contribution in [0.15, 0.2) is 66.0 Å². The summed E-state index contributed by atoms with van der Waals surface area (Å²) in [6.45, 7) is 11.8. The Morgan fingerprint density at radius 1 is 0.867 bits per heavy atom. The molecule has 0 saturated carbocycles. The molecule has 0 N–H and O–H groups in total. The Bertz CT molecular complexity index is 903. The maximum Gasteiger partial charge on any atom is 0.725 e. The molecular weight excluding hydrogens is 385 g/mol. The average Bonchev–Trinajstić information content (AvgIpc) is 2.75. The van der Waals surface area contributed by atoms with E-state index in [2.05, 4.69) is 37.2 Å². The summed E-state index contributed by atoms with van der Waals surface area (Å²) in [5, 5.41) is 0. The van der Waals surface area contributed by atoms with Crippen LogP contribution in [0.4, 0.5) is 14.3 Å². The quantitative estimate of drug-likeness (QED) is 0.474. The minimum Gasteiger partial charge on any atom is -0.627 e. The van der Waals surface area contributed by atoms with Crippen molar-refractivity contribution in [1.82, 2.24) is 0 Å². The third-order valence-electron chi connectivity index (χ3n) is 5.35. The van der Waals surface area contributed by atoms with E-state index in [1.54, 1.807) is 24.3 Å². The van der Waals surface area contributed by atoms with Crippen molar-refractivity contribution in [3.05, 3.63) is 71.5 Å². The molecule has 0 radical (unpaired) electrons. The number of hydrogen-bond donors (Lipinski definition) is 0. The molecule has 1 aromatic rings. The first-order valence-corrected chi connectivity index (χ1v) is 10.6. The van der Waals surface area contributed by atoms with Gasteiger partial charge in [-0.3, -0.25) is 0 Å². The predicted octanol–water partition coefficient (Wildman–Crippen LogP) is 5.17. The number of rotatable bonds is 6. The minimum absolute atomic E-state index is 0.111. The minimum atomic E-state index is -4.44. The normalized spacial score (nSPS) is 17.4. The molecule has 0 unspecified atom stereocenters. The zero-order chi connectivity index (χ0) is 21.7. The molecule has 0 aromatic heterocycles. The van der Waals surface area contributed by atoms with Gasteiger partial charge in [0, 0.05) is 48.1 Å². The van der Waals surface area contributed by atoms with Crippen LogP contribution >= 0.6 is 0 Å². The van der Waals surface area contributed by atoms with E-state index in [9.17, 15) is 8.63 Å². The molecule has 0 spiro atoms. The number of hydrogen-bond acceptors (Lipinski definition) is 3. The van der Waals surface area contributed by atoms with Crippen molar-refractivity contribution < 1.29 is 22.5 Å². The lowest BCUT2D eigenvalue weighted by atomic mass is 10.0. The molecule has 7 heteroatoms. The van der Waals surface area contributed by atoms with Crippen LogP contribution in [0.1, 0.15) is 33.3 Å². The molecule has 0 amide bonds. The van der Waals surface area contributed by atoms with Gasteiger partial charge in [0.2, 0.25) is 0 Å². The molecule has 0 fully saturated rings. The van der Waals surface area contributed by atoms with Gasteiger partial charge in [0.15, 0.2) is 5.71 Å². The Labute approximate surface area is 177 Å². The molecule has 160 valence electrons. The van der Waals surface area contributed by atoms with Crippen LogP contribution in [0.2, 0.25) is 0 Å². The monoisotopic (exact) mass is 414 g/mol. The summed E-state index contributed by atoms with van der Waals surface area (Å²) in [4.78, 5) is 2.19. The third-order valence-corrected chi connectivity index (χ3v) is 5.35. The Kier molecular flexibility index (Phi) is 6.80. The van der Waals surface area contributed by atoms with Crippen LogP contribution in [-0.2, 0) is 9.31 Å². The topological polar surface area (TPSA) is 24.7 Å². The van der Waals surface area contributed by atoms with Crippen LogP contribution in [0.5, 0.6) is 0 Å². The molecule has 1 aliphatic carbocycles. The molecule has 4 nitrogen and oxygen atoms in total. The number of benzene rings is 1. The van der Waals surface area contributed by atoms with E-state index in [-0.39, 0.29) is 11.5 Å². The number of anilines is 1. The first kappa shape index (κ1) is 21.9. The van der Waals surface area contributed by atoms with Gasteiger partial charge in [-0.2, -0.15) is 0 Å². The Balaban J connectivity index is 1.94. The first-order valence-electron chi connectivity index (χ1n) is 10.6. The molecule has 0 atom stereocenters. The van der Waals surface area contributed by atoms with E-state index in [0.717, 1.165) is 37.6 Å². The van der Waals surface area contributed by atoms with Crippen molar-refractivity contribution >= 4 is 24.3 Å². The Morgan fingerprint density at radius 2 is 1.47 bits per heavy atom. The highest BCUT2D eigenvalue weighted by Gasteiger charge is 2.38. The summed E-state index contributed by atoms with van der Waals surface area (Å²) in [7, 11) is -4.44. The first-order chi connectivity index (χ1) is 14.4. The summed E-state index contributed by atoms with van der Waals surface area (Å²) in [6, 6.07) is 7.45. The van der Waals surface area contributed by atoms with E-state index in [4.69, 9.17) is 9.31 Å². The van der Waals surface area contributed by atoms with Crippen LogP contribution in [-0.4, -0.2) is 43.6 Å². The molecular formula is C23H29BF2N2O2. The van der Waals surface area contributed by atoms with Crippen LogP contribution < -0.4 is 4.90 Å². The van der Waals surface area contributed by atoms with Crippen LogP contribution in [0.3, 0.4) is 0 Å². The SMILES string of the molecule is CCN(CC)c1ccc(C2=CC(=C3C=CC(=[N+](CC)CC)C=C3)O[B-](F)(F)O2)cc1. The van der Waals surface area contributed by atoms with Crippen molar-refractivity contribution in [2.45, 2.75) is 27.7 Å². The van der Waals surface area contributed by atoms with Crippen molar-refractivity contribution in [2.24, 2.45) is 0 Å². The zero-order valence-electron chi connectivity index (χ0n) is 18.1. The van der Waals surface area contributed by atoms with Gasteiger partial charge >= 0.3 is 7.11 Å². The van der Waals surface area contributed by atoms with Crippen molar-refractivity contribution in [1.29, 1.82) is 0 Å². The highest BCUT2D eigenvalue weighted by molar-refractivity contribution is 6.53. The van der Waals surface area contributed by atoms with Gasteiger partial charge in [-0.05, 0) is 64.1 Å².